The molecule has 0 bridgehead atoms. The summed E-state index contributed by atoms with van der Waals surface area (Å²) in [6, 6.07) is 5.13. The molecule has 1 aromatic carbocycles. The number of para-hydroxylation sites is 1. The van der Waals surface area contributed by atoms with E-state index in [1.165, 1.54) is 0 Å². The molecule has 1 aromatic rings. The zero-order valence-corrected chi connectivity index (χ0v) is 9.31. The average Bonchev–Trinajstić information content (AvgIpc) is 2.26. The molecule has 1 rings (SSSR count). The number of amides is 1. The van der Waals surface area contributed by atoms with Crippen LogP contribution in [0.3, 0.4) is 0 Å². The first-order chi connectivity index (χ1) is 7.61. The van der Waals surface area contributed by atoms with Crippen molar-refractivity contribution < 1.29 is 9.90 Å². The molecule has 0 fully saturated rings. The first-order valence-electron chi connectivity index (χ1n) is 5.15. The van der Waals surface area contributed by atoms with Crippen LogP contribution in [0.2, 0.25) is 0 Å². The van der Waals surface area contributed by atoms with E-state index in [1.54, 1.807) is 18.2 Å². The summed E-state index contributed by atoms with van der Waals surface area (Å²) in [4.78, 5) is 13.0. The summed E-state index contributed by atoms with van der Waals surface area (Å²) >= 11 is 0. The molecule has 0 heterocycles. The molecule has 0 aliphatic rings. The van der Waals surface area contributed by atoms with Gasteiger partial charge in [0, 0.05) is 13.1 Å². The van der Waals surface area contributed by atoms with Crippen molar-refractivity contribution in [3.8, 4) is 0 Å². The lowest BCUT2D eigenvalue weighted by Crippen LogP contribution is -2.27. The molecule has 0 aliphatic carbocycles. The number of nitrogens with two attached hydrogens (primary N) is 2. The van der Waals surface area contributed by atoms with Gasteiger partial charge in [-0.3, -0.25) is 4.79 Å². The van der Waals surface area contributed by atoms with E-state index in [4.69, 9.17) is 16.6 Å². The zero-order chi connectivity index (χ0) is 12.1. The number of aliphatic hydroxyl groups excluding tert-OH is 1. The van der Waals surface area contributed by atoms with Crippen molar-refractivity contribution in [1.29, 1.82) is 0 Å². The van der Waals surface area contributed by atoms with Crippen molar-refractivity contribution in [2.45, 2.75) is 6.92 Å². The summed E-state index contributed by atoms with van der Waals surface area (Å²) in [5, 5.41) is 8.92. The van der Waals surface area contributed by atoms with E-state index in [-0.39, 0.29) is 6.61 Å². The molecule has 0 saturated heterocycles. The number of anilines is 2. The van der Waals surface area contributed by atoms with Crippen LogP contribution in [0.15, 0.2) is 18.2 Å². The number of likely N-dealkylation sites (N-methyl/N-ethyl adjacent to an activating group) is 1. The van der Waals surface area contributed by atoms with Crippen molar-refractivity contribution in [2.75, 3.05) is 30.3 Å². The fourth-order valence-electron chi connectivity index (χ4n) is 1.61. The molecule has 5 heteroatoms. The molecule has 0 saturated carbocycles. The summed E-state index contributed by atoms with van der Waals surface area (Å²) in [6.45, 7) is 3.16. The van der Waals surface area contributed by atoms with Gasteiger partial charge in [-0.2, -0.15) is 0 Å². The SMILES string of the molecule is CCN(CCO)c1cccc(C(N)=O)c1N. The summed E-state index contributed by atoms with van der Waals surface area (Å²) < 4.78 is 0. The van der Waals surface area contributed by atoms with Gasteiger partial charge in [0.2, 0.25) is 0 Å². The van der Waals surface area contributed by atoms with E-state index in [0.29, 0.717) is 24.3 Å². The minimum atomic E-state index is -0.542. The fourth-order valence-corrected chi connectivity index (χ4v) is 1.61. The maximum atomic E-state index is 11.1. The quantitative estimate of drug-likeness (QED) is 0.621. The van der Waals surface area contributed by atoms with E-state index >= 15 is 0 Å². The highest BCUT2D eigenvalue weighted by molar-refractivity contribution is 6.00. The summed E-state index contributed by atoms with van der Waals surface area (Å²) in [7, 11) is 0. The van der Waals surface area contributed by atoms with Gasteiger partial charge in [-0.15, -0.1) is 0 Å². The largest absolute Gasteiger partial charge is 0.396 e. The number of nitrogens with zero attached hydrogens (tertiary/aromatic N) is 1. The lowest BCUT2D eigenvalue weighted by atomic mass is 10.1. The second-order valence-corrected chi connectivity index (χ2v) is 3.41. The number of aliphatic hydroxyl groups is 1. The highest BCUT2D eigenvalue weighted by atomic mass is 16.3. The van der Waals surface area contributed by atoms with Gasteiger partial charge in [0.05, 0.1) is 23.5 Å². The second kappa shape index (κ2) is 5.37. The number of hydrogen-bond acceptors (Lipinski definition) is 4. The van der Waals surface area contributed by atoms with Crippen LogP contribution in [-0.4, -0.2) is 30.7 Å². The van der Waals surface area contributed by atoms with Crippen molar-refractivity contribution >= 4 is 17.3 Å². The molecular weight excluding hydrogens is 206 g/mol. The van der Waals surface area contributed by atoms with Crippen molar-refractivity contribution in [1.82, 2.24) is 0 Å². The number of primary amides is 1. The third kappa shape index (κ3) is 2.43. The van der Waals surface area contributed by atoms with Gasteiger partial charge in [-0.1, -0.05) is 6.07 Å². The lowest BCUT2D eigenvalue weighted by Gasteiger charge is -2.24. The number of carbonyl (C=O) groups is 1. The Bertz CT molecular complexity index is 379. The normalized spacial score (nSPS) is 10.1. The van der Waals surface area contributed by atoms with E-state index in [1.807, 2.05) is 11.8 Å². The Morgan fingerprint density at radius 2 is 2.19 bits per heavy atom. The van der Waals surface area contributed by atoms with E-state index in [0.717, 1.165) is 5.69 Å². The van der Waals surface area contributed by atoms with Crippen LogP contribution in [0, 0.1) is 0 Å². The molecule has 88 valence electrons. The molecule has 0 unspecified atom stereocenters. The fraction of sp³-hybridized carbons (Fsp3) is 0.364. The molecule has 5 N–H and O–H groups in total. The number of nitrogen functional groups attached to an aromatic ring is 1. The Hall–Kier alpha value is -1.75. The number of benzene rings is 1. The molecule has 0 radical (unpaired) electrons. The molecule has 0 spiro atoms. The van der Waals surface area contributed by atoms with Crippen molar-refractivity contribution in [3.63, 3.8) is 0 Å². The average molecular weight is 223 g/mol. The van der Waals surface area contributed by atoms with Gasteiger partial charge in [-0.25, -0.2) is 0 Å². The monoisotopic (exact) mass is 223 g/mol. The Kier molecular flexibility index (Phi) is 4.13. The lowest BCUT2D eigenvalue weighted by molar-refractivity contribution is 0.100. The van der Waals surface area contributed by atoms with Crippen LogP contribution < -0.4 is 16.4 Å². The summed E-state index contributed by atoms with van der Waals surface area (Å²) in [5.41, 5.74) is 12.5. The maximum absolute atomic E-state index is 11.1. The second-order valence-electron chi connectivity index (χ2n) is 3.41. The molecule has 1 amide bonds. The molecule has 5 nitrogen and oxygen atoms in total. The standard InChI is InChI=1S/C11H17N3O2/c1-2-14(6-7-15)9-5-3-4-8(10(9)12)11(13)16/h3-5,15H,2,6-7,12H2,1H3,(H2,13,16). The predicted octanol–water partition coefficient (Wildman–Crippen LogP) is 0.186. The van der Waals surface area contributed by atoms with Gasteiger partial charge in [0.15, 0.2) is 0 Å². The van der Waals surface area contributed by atoms with E-state index in [9.17, 15) is 4.79 Å². The highest BCUT2D eigenvalue weighted by Gasteiger charge is 2.13. The van der Waals surface area contributed by atoms with Crippen LogP contribution in [0.4, 0.5) is 11.4 Å². The van der Waals surface area contributed by atoms with Gasteiger partial charge in [0.1, 0.15) is 0 Å². The minimum absolute atomic E-state index is 0.0358. The Labute approximate surface area is 94.7 Å². The van der Waals surface area contributed by atoms with Crippen LogP contribution in [0.25, 0.3) is 0 Å². The Morgan fingerprint density at radius 3 is 2.69 bits per heavy atom. The predicted molar refractivity (Wildman–Crippen MR) is 64.3 cm³/mol. The number of hydrogen-bond donors (Lipinski definition) is 3. The topological polar surface area (TPSA) is 92.6 Å². The third-order valence-electron chi connectivity index (χ3n) is 2.44. The van der Waals surface area contributed by atoms with Gasteiger partial charge in [-0.05, 0) is 19.1 Å². The van der Waals surface area contributed by atoms with Crippen molar-refractivity contribution in [3.05, 3.63) is 23.8 Å². The zero-order valence-electron chi connectivity index (χ0n) is 9.31. The Balaban J connectivity index is 3.12. The highest BCUT2D eigenvalue weighted by Crippen LogP contribution is 2.26. The summed E-state index contributed by atoms with van der Waals surface area (Å²) in [6.07, 6.45) is 0. The molecule has 0 aromatic heterocycles. The van der Waals surface area contributed by atoms with Crippen LogP contribution in [0.1, 0.15) is 17.3 Å². The van der Waals surface area contributed by atoms with Crippen LogP contribution in [-0.2, 0) is 0 Å². The first kappa shape index (κ1) is 12.3. The van der Waals surface area contributed by atoms with Gasteiger partial charge in [0.25, 0.3) is 5.91 Å². The maximum Gasteiger partial charge on any atom is 0.250 e. The summed E-state index contributed by atoms with van der Waals surface area (Å²) in [5.74, 6) is -0.542. The van der Waals surface area contributed by atoms with Crippen LogP contribution in [0.5, 0.6) is 0 Å². The van der Waals surface area contributed by atoms with Crippen molar-refractivity contribution in [2.24, 2.45) is 5.73 Å². The molecule has 0 aliphatic heterocycles. The minimum Gasteiger partial charge on any atom is -0.396 e. The van der Waals surface area contributed by atoms with E-state index < -0.39 is 5.91 Å². The molecule has 0 atom stereocenters. The molecular formula is C11H17N3O2. The van der Waals surface area contributed by atoms with Crippen LogP contribution >= 0.6 is 0 Å². The van der Waals surface area contributed by atoms with Gasteiger partial charge < -0.3 is 21.5 Å². The number of carbonyl (C=O) groups excluding carboxylic acids is 1. The number of rotatable bonds is 5. The molecule has 16 heavy (non-hydrogen) atoms. The van der Waals surface area contributed by atoms with Gasteiger partial charge >= 0.3 is 0 Å². The third-order valence-corrected chi connectivity index (χ3v) is 2.44. The Morgan fingerprint density at radius 1 is 1.50 bits per heavy atom. The first-order valence-corrected chi connectivity index (χ1v) is 5.15. The van der Waals surface area contributed by atoms with E-state index in [2.05, 4.69) is 0 Å². The smallest absolute Gasteiger partial charge is 0.250 e.